The van der Waals surface area contributed by atoms with Crippen LogP contribution in [0.1, 0.15) is 32.6 Å². The summed E-state index contributed by atoms with van der Waals surface area (Å²) < 4.78 is 11.9. The van der Waals surface area contributed by atoms with E-state index in [9.17, 15) is 0 Å². The minimum absolute atomic E-state index is 0.280. The summed E-state index contributed by atoms with van der Waals surface area (Å²) in [6.07, 6.45) is 4.06. The fourth-order valence-electron chi connectivity index (χ4n) is 3.73. The summed E-state index contributed by atoms with van der Waals surface area (Å²) in [6, 6.07) is 0. The van der Waals surface area contributed by atoms with Crippen LogP contribution in [-0.4, -0.2) is 38.8 Å². The van der Waals surface area contributed by atoms with Crippen LogP contribution in [0.15, 0.2) is 11.3 Å². The van der Waals surface area contributed by atoms with Crippen LogP contribution in [0.5, 0.6) is 0 Å². The lowest BCUT2D eigenvalue weighted by Crippen LogP contribution is -2.35. The Kier molecular flexibility index (Phi) is 5.11. The average Bonchev–Trinajstić information content (AvgIpc) is 2.95. The maximum Gasteiger partial charge on any atom is 0.171 e. The minimum Gasteiger partial charge on any atom is -0.396 e. The molecular weight excluding hydrogens is 268 g/mol. The van der Waals surface area contributed by atoms with Gasteiger partial charge in [-0.3, -0.25) is 0 Å². The molecule has 1 saturated carbocycles. The smallest absolute Gasteiger partial charge is 0.171 e. The molecule has 2 rings (SSSR count). The molecule has 2 atom stereocenters. The Morgan fingerprint density at radius 2 is 1.95 bits per heavy atom. The SMILES string of the molecule is C[C@H]1[C@H](/C(=C\[Si](C)(C)C)CCCO)CCC12OCCO2. The molecule has 116 valence electrons. The molecule has 2 aliphatic rings. The zero-order valence-electron chi connectivity index (χ0n) is 13.4. The zero-order chi connectivity index (χ0) is 14.8. The highest BCUT2D eigenvalue weighted by atomic mass is 28.3. The van der Waals surface area contributed by atoms with E-state index in [0.717, 1.165) is 38.9 Å². The molecule has 1 N–H and O–H groups in total. The molecule has 1 saturated heterocycles. The Balaban J connectivity index is 2.15. The van der Waals surface area contributed by atoms with Crippen LogP contribution in [0.3, 0.4) is 0 Å². The summed E-state index contributed by atoms with van der Waals surface area (Å²) in [5.74, 6) is 0.667. The summed E-state index contributed by atoms with van der Waals surface area (Å²) >= 11 is 0. The highest BCUT2D eigenvalue weighted by Crippen LogP contribution is 2.49. The highest BCUT2D eigenvalue weighted by molar-refractivity contribution is 6.81. The van der Waals surface area contributed by atoms with Gasteiger partial charge in [-0.1, -0.05) is 37.8 Å². The van der Waals surface area contributed by atoms with Crippen LogP contribution in [0.2, 0.25) is 19.6 Å². The van der Waals surface area contributed by atoms with E-state index in [0.29, 0.717) is 11.8 Å². The number of rotatable bonds is 5. The fraction of sp³-hybridized carbons (Fsp3) is 0.875. The van der Waals surface area contributed by atoms with E-state index in [1.807, 2.05) is 0 Å². The predicted octanol–water partition coefficient (Wildman–Crippen LogP) is 3.35. The van der Waals surface area contributed by atoms with Crippen molar-refractivity contribution in [3.05, 3.63) is 11.3 Å². The molecule has 0 aromatic rings. The number of aliphatic hydroxyl groups is 1. The van der Waals surface area contributed by atoms with Gasteiger partial charge in [0.25, 0.3) is 0 Å². The maximum atomic E-state index is 9.16. The average molecular weight is 298 g/mol. The second-order valence-electron chi connectivity index (χ2n) is 7.36. The van der Waals surface area contributed by atoms with Gasteiger partial charge >= 0.3 is 0 Å². The first-order valence-electron chi connectivity index (χ1n) is 7.98. The monoisotopic (exact) mass is 298 g/mol. The molecule has 20 heavy (non-hydrogen) atoms. The van der Waals surface area contributed by atoms with Crippen molar-refractivity contribution < 1.29 is 14.6 Å². The lowest BCUT2D eigenvalue weighted by atomic mass is 9.86. The molecule has 1 aliphatic carbocycles. The largest absolute Gasteiger partial charge is 0.396 e. The van der Waals surface area contributed by atoms with Gasteiger partial charge in [0.05, 0.1) is 21.3 Å². The maximum absolute atomic E-state index is 9.16. The zero-order valence-corrected chi connectivity index (χ0v) is 14.4. The lowest BCUT2D eigenvalue weighted by Gasteiger charge is -2.31. The summed E-state index contributed by atoms with van der Waals surface area (Å²) in [4.78, 5) is 0. The van der Waals surface area contributed by atoms with E-state index in [1.165, 1.54) is 0 Å². The van der Waals surface area contributed by atoms with E-state index in [2.05, 4.69) is 32.3 Å². The second-order valence-corrected chi connectivity index (χ2v) is 12.4. The standard InChI is InChI=1S/C16H30O3Si/c1-13-15(7-8-16(13)18-10-11-19-16)14(6-5-9-17)12-20(2,3)4/h12-13,15,17H,5-11H2,1-4H3/b14-12-/t13-,15+/m0/s1. The van der Waals surface area contributed by atoms with Gasteiger partial charge in [-0.25, -0.2) is 0 Å². The third-order valence-electron chi connectivity index (χ3n) is 4.60. The molecule has 0 radical (unpaired) electrons. The van der Waals surface area contributed by atoms with Gasteiger partial charge in [-0.2, -0.15) is 0 Å². The molecule has 1 spiro atoms. The number of allylic oxidation sites excluding steroid dienone is 1. The molecule has 1 heterocycles. The predicted molar refractivity (Wildman–Crippen MR) is 84.3 cm³/mol. The van der Waals surface area contributed by atoms with Crippen LogP contribution in [-0.2, 0) is 9.47 Å². The molecule has 3 nitrogen and oxygen atoms in total. The van der Waals surface area contributed by atoms with E-state index in [1.54, 1.807) is 5.57 Å². The van der Waals surface area contributed by atoms with Crippen molar-refractivity contribution in [3.8, 4) is 0 Å². The van der Waals surface area contributed by atoms with Crippen molar-refractivity contribution in [2.45, 2.75) is 58.0 Å². The molecule has 0 aromatic carbocycles. The number of ether oxygens (including phenoxy) is 2. The normalized spacial score (nSPS) is 30.4. The Morgan fingerprint density at radius 1 is 1.30 bits per heavy atom. The molecule has 0 unspecified atom stereocenters. The summed E-state index contributed by atoms with van der Waals surface area (Å²) in [6.45, 7) is 11.2. The summed E-state index contributed by atoms with van der Waals surface area (Å²) in [5, 5.41) is 9.16. The third kappa shape index (κ3) is 3.53. The van der Waals surface area contributed by atoms with E-state index in [-0.39, 0.29) is 12.4 Å². The van der Waals surface area contributed by atoms with E-state index >= 15 is 0 Å². The van der Waals surface area contributed by atoms with Gasteiger partial charge in [-0.15, -0.1) is 0 Å². The quantitative estimate of drug-likeness (QED) is 0.791. The van der Waals surface area contributed by atoms with Crippen LogP contribution >= 0.6 is 0 Å². The first-order valence-corrected chi connectivity index (χ1v) is 11.6. The Hall–Kier alpha value is -0.163. The van der Waals surface area contributed by atoms with Crippen LogP contribution in [0, 0.1) is 11.8 Å². The molecule has 0 amide bonds. The molecular formula is C16H30O3Si. The van der Waals surface area contributed by atoms with Gasteiger partial charge in [0.1, 0.15) is 0 Å². The van der Waals surface area contributed by atoms with Crippen molar-refractivity contribution in [3.63, 3.8) is 0 Å². The summed E-state index contributed by atoms with van der Waals surface area (Å²) in [7, 11) is -1.24. The molecule has 1 aliphatic heterocycles. The van der Waals surface area contributed by atoms with E-state index in [4.69, 9.17) is 14.6 Å². The van der Waals surface area contributed by atoms with Crippen molar-refractivity contribution in [1.29, 1.82) is 0 Å². The van der Waals surface area contributed by atoms with Crippen LogP contribution in [0.25, 0.3) is 0 Å². The number of aliphatic hydroxyl groups excluding tert-OH is 1. The molecule has 2 fully saturated rings. The second kappa shape index (κ2) is 6.30. The molecule has 4 heteroatoms. The first-order chi connectivity index (χ1) is 9.38. The van der Waals surface area contributed by atoms with Gasteiger partial charge in [0, 0.05) is 18.9 Å². The van der Waals surface area contributed by atoms with E-state index < -0.39 is 8.07 Å². The Morgan fingerprint density at radius 3 is 2.50 bits per heavy atom. The van der Waals surface area contributed by atoms with Crippen molar-refractivity contribution in [1.82, 2.24) is 0 Å². The van der Waals surface area contributed by atoms with Gasteiger partial charge in [-0.05, 0) is 25.2 Å². The third-order valence-corrected chi connectivity index (χ3v) is 5.83. The van der Waals surface area contributed by atoms with Gasteiger partial charge < -0.3 is 14.6 Å². The first kappa shape index (κ1) is 16.2. The fourth-order valence-corrected chi connectivity index (χ4v) is 5.20. The van der Waals surface area contributed by atoms with Crippen LogP contribution in [0.4, 0.5) is 0 Å². The minimum atomic E-state index is -1.24. The lowest BCUT2D eigenvalue weighted by molar-refractivity contribution is -0.180. The highest BCUT2D eigenvalue weighted by Gasteiger charge is 2.51. The topological polar surface area (TPSA) is 38.7 Å². The molecule has 0 bridgehead atoms. The Bertz CT molecular complexity index is 353. The Labute approximate surface area is 124 Å². The van der Waals surface area contributed by atoms with Crippen molar-refractivity contribution >= 4 is 8.07 Å². The number of hydrogen-bond acceptors (Lipinski definition) is 3. The number of hydrogen-bond donors (Lipinski definition) is 1. The van der Waals surface area contributed by atoms with Crippen molar-refractivity contribution in [2.75, 3.05) is 19.8 Å². The van der Waals surface area contributed by atoms with Gasteiger partial charge in [0.2, 0.25) is 0 Å². The van der Waals surface area contributed by atoms with Crippen LogP contribution < -0.4 is 0 Å². The summed E-state index contributed by atoms with van der Waals surface area (Å²) in [5.41, 5.74) is 4.08. The van der Waals surface area contributed by atoms with Gasteiger partial charge in [0.15, 0.2) is 5.79 Å². The van der Waals surface area contributed by atoms with Crippen molar-refractivity contribution in [2.24, 2.45) is 11.8 Å². The molecule has 0 aromatic heterocycles.